The van der Waals surface area contributed by atoms with Gasteiger partial charge in [0, 0.05) is 6.54 Å². The molecule has 1 heterocycles. The van der Waals surface area contributed by atoms with E-state index in [9.17, 15) is 19.1 Å². The summed E-state index contributed by atoms with van der Waals surface area (Å²) in [5.74, 6) is -0.989. The zero-order valence-electron chi connectivity index (χ0n) is 9.61. The fourth-order valence-electron chi connectivity index (χ4n) is 1.76. The number of halogens is 1. The van der Waals surface area contributed by atoms with E-state index >= 15 is 0 Å². The standard InChI is InChI=1S/C12H11FN2O3/c1-2-15-11(17)9(10(16)14-12(15)18)7-4-3-5-8(13)6-7/h3-6,17H,2H2,1H3,(H,14,16,18). The third kappa shape index (κ3) is 1.92. The summed E-state index contributed by atoms with van der Waals surface area (Å²) >= 11 is 0. The van der Waals surface area contributed by atoms with Crippen LogP contribution in [0.3, 0.4) is 0 Å². The van der Waals surface area contributed by atoms with E-state index in [1.54, 1.807) is 6.92 Å². The van der Waals surface area contributed by atoms with Gasteiger partial charge in [-0.05, 0) is 24.6 Å². The lowest BCUT2D eigenvalue weighted by Crippen LogP contribution is -2.30. The van der Waals surface area contributed by atoms with Gasteiger partial charge >= 0.3 is 5.69 Å². The van der Waals surface area contributed by atoms with Crippen molar-refractivity contribution in [3.05, 3.63) is 50.9 Å². The van der Waals surface area contributed by atoms with E-state index < -0.39 is 22.9 Å². The van der Waals surface area contributed by atoms with Crippen LogP contribution >= 0.6 is 0 Å². The number of aromatic amines is 1. The molecule has 2 aromatic rings. The summed E-state index contributed by atoms with van der Waals surface area (Å²) in [6, 6.07) is 5.25. The Balaban J connectivity index is 2.80. The summed E-state index contributed by atoms with van der Waals surface area (Å²) in [4.78, 5) is 25.2. The van der Waals surface area contributed by atoms with E-state index in [2.05, 4.69) is 4.98 Å². The van der Waals surface area contributed by atoms with Crippen molar-refractivity contribution in [1.29, 1.82) is 0 Å². The fourth-order valence-corrected chi connectivity index (χ4v) is 1.76. The van der Waals surface area contributed by atoms with Gasteiger partial charge in [0.2, 0.25) is 5.88 Å². The minimum atomic E-state index is -0.743. The molecule has 94 valence electrons. The van der Waals surface area contributed by atoms with Crippen molar-refractivity contribution in [3.8, 4) is 17.0 Å². The van der Waals surface area contributed by atoms with Gasteiger partial charge < -0.3 is 5.11 Å². The SMILES string of the molecule is CCn1c(O)c(-c2cccc(F)c2)c(=O)[nH]c1=O. The molecule has 0 saturated carbocycles. The van der Waals surface area contributed by atoms with Crippen molar-refractivity contribution in [3.63, 3.8) is 0 Å². The number of nitrogens with zero attached hydrogens (tertiary/aromatic N) is 1. The number of H-pyrrole nitrogens is 1. The first-order valence-electron chi connectivity index (χ1n) is 5.36. The van der Waals surface area contributed by atoms with Crippen LogP contribution < -0.4 is 11.2 Å². The second-order valence-electron chi connectivity index (χ2n) is 3.71. The Morgan fingerprint density at radius 2 is 2.11 bits per heavy atom. The van der Waals surface area contributed by atoms with E-state index in [1.807, 2.05) is 0 Å². The average Bonchev–Trinajstić information content (AvgIpc) is 2.28. The number of aromatic nitrogens is 2. The number of rotatable bonds is 2. The third-order valence-corrected chi connectivity index (χ3v) is 2.60. The van der Waals surface area contributed by atoms with E-state index in [0.29, 0.717) is 0 Å². The molecule has 18 heavy (non-hydrogen) atoms. The molecule has 6 heteroatoms. The minimum absolute atomic E-state index is 0.115. The Labute approximate surface area is 101 Å². The van der Waals surface area contributed by atoms with Crippen LogP contribution in [0.15, 0.2) is 33.9 Å². The van der Waals surface area contributed by atoms with E-state index in [4.69, 9.17) is 0 Å². The maximum atomic E-state index is 13.1. The number of benzene rings is 1. The number of aromatic hydroxyl groups is 1. The van der Waals surface area contributed by atoms with Crippen LogP contribution in [-0.4, -0.2) is 14.7 Å². The summed E-state index contributed by atoms with van der Waals surface area (Å²) in [5.41, 5.74) is -1.33. The molecule has 0 radical (unpaired) electrons. The van der Waals surface area contributed by atoms with Crippen molar-refractivity contribution >= 4 is 0 Å². The van der Waals surface area contributed by atoms with Crippen LogP contribution in [0, 0.1) is 5.82 Å². The molecule has 0 aliphatic rings. The van der Waals surface area contributed by atoms with Crippen molar-refractivity contribution in [2.75, 3.05) is 0 Å². The van der Waals surface area contributed by atoms with Gasteiger partial charge in [-0.1, -0.05) is 12.1 Å². The van der Waals surface area contributed by atoms with Crippen molar-refractivity contribution < 1.29 is 9.50 Å². The highest BCUT2D eigenvalue weighted by Gasteiger charge is 2.15. The lowest BCUT2D eigenvalue weighted by molar-refractivity contribution is 0.408. The summed E-state index contributed by atoms with van der Waals surface area (Å²) < 4.78 is 14.1. The Morgan fingerprint density at radius 3 is 2.72 bits per heavy atom. The summed E-state index contributed by atoms with van der Waals surface area (Å²) in [7, 11) is 0. The zero-order valence-corrected chi connectivity index (χ0v) is 9.61. The van der Waals surface area contributed by atoms with Gasteiger partial charge in [0.05, 0.1) is 0 Å². The normalized spacial score (nSPS) is 10.6. The van der Waals surface area contributed by atoms with Crippen molar-refractivity contribution in [2.24, 2.45) is 0 Å². The molecule has 0 saturated heterocycles. The van der Waals surface area contributed by atoms with Gasteiger partial charge in [0.25, 0.3) is 5.56 Å². The second kappa shape index (κ2) is 4.48. The molecule has 0 atom stereocenters. The van der Waals surface area contributed by atoms with Gasteiger partial charge in [-0.2, -0.15) is 0 Å². The quantitative estimate of drug-likeness (QED) is 0.837. The molecule has 0 fully saturated rings. The highest BCUT2D eigenvalue weighted by Crippen LogP contribution is 2.24. The molecule has 0 bridgehead atoms. The van der Waals surface area contributed by atoms with Crippen LogP contribution in [0.1, 0.15) is 6.92 Å². The highest BCUT2D eigenvalue weighted by atomic mass is 19.1. The van der Waals surface area contributed by atoms with Gasteiger partial charge in [-0.15, -0.1) is 0 Å². The fraction of sp³-hybridized carbons (Fsp3) is 0.167. The summed E-state index contributed by atoms with van der Waals surface area (Å²) in [5, 5.41) is 9.92. The first-order chi connectivity index (χ1) is 8.54. The van der Waals surface area contributed by atoms with Crippen LogP contribution in [0.2, 0.25) is 0 Å². The average molecular weight is 250 g/mol. The lowest BCUT2D eigenvalue weighted by Gasteiger charge is -2.09. The Morgan fingerprint density at radius 1 is 1.39 bits per heavy atom. The largest absolute Gasteiger partial charge is 0.494 e. The molecule has 5 nitrogen and oxygen atoms in total. The monoisotopic (exact) mass is 250 g/mol. The van der Waals surface area contributed by atoms with E-state index in [0.717, 1.165) is 10.6 Å². The molecule has 0 aliphatic heterocycles. The predicted molar refractivity (Wildman–Crippen MR) is 64.1 cm³/mol. The lowest BCUT2D eigenvalue weighted by atomic mass is 10.1. The van der Waals surface area contributed by atoms with Gasteiger partial charge in [0.15, 0.2) is 0 Å². The van der Waals surface area contributed by atoms with Gasteiger partial charge in [0.1, 0.15) is 11.4 Å². The Hall–Kier alpha value is -2.37. The van der Waals surface area contributed by atoms with Crippen molar-refractivity contribution in [1.82, 2.24) is 9.55 Å². The van der Waals surface area contributed by atoms with Gasteiger partial charge in [-0.25, -0.2) is 9.18 Å². The minimum Gasteiger partial charge on any atom is -0.494 e. The summed E-state index contributed by atoms with van der Waals surface area (Å²) in [6.45, 7) is 1.85. The zero-order chi connectivity index (χ0) is 13.3. The maximum absolute atomic E-state index is 13.1. The molecule has 0 unspecified atom stereocenters. The predicted octanol–water partition coefficient (Wildman–Crippen LogP) is 1.07. The number of nitrogens with one attached hydrogen (secondary N) is 1. The Kier molecular flexibility index (Phi) is 3.01. The van der Waals surface area contributed by atoms with Crippen LogP contribution in [-0.2, 0) is 6.54 Å². The van der Waals surface area contributed by atoms with Crippen LogP contribution in [0.4, 0.5) is 4.39 Å². The van der Waals surface area contributed by atoms with Crippen molar-refractivity contribution in [2.45, 2.75) is 13.5 Å². The molecular weight excluding hydrogens is 239 g/mol. The molecule has 2 rings (SSSR count). The number of hydrogen-bond donors (Lipinski definition) is 2. The molecule has 0 aliphatic carbocycles. The second-order valence-corrected chi connectivity index (χ2v) is 3.71. The molecule has 1 aromatic carbocycles. The van der Waals surface area contributed by atoms with E-state index in [1.165, 1.54) is 18.2 Å². The van der Waals surface area contributed by atoms with Crippen LogP contribution in [0.25, 0.3) is 11.1 Å². The first kappa shape index (κ1) is 12.1. The third-order valence-electron chi connectivity index (χ3n) is 2.60. The van der Waals surface area contributed by atoms with E-state index in [-0.39, 0.29) is 17.7 Å². The number of hydrogen-bond acceptors (Lipinski definition) is 3. The van der Waals surface area contributed by atoms with Crippen LogP contribution in [0.5, 0.6) is 5.88 Å². The molecule has 1 aromatic heterocycles. The smallest absolute Gasteiger partial charge is 0.331 e. The topological polar surface area (TPSA) is 75.1 Å². The Bertz CT molecular complexity index is 703. The summed E-state index contributed by atoms with van der Waals surface area (Å²) in [6.07, 6.45) is 0. The first-order valence-corrected chi connectivity index (χ1v) is 5.36. The maximum Gasteiger partial charge on any atom is 0.331 e. The van der Waals surface area contributed by atoms with Gasteiger partial charge in [-0.3, -0.25) is 14.3 Å². The molecule has 0 amide bonds. The molecular formula is C12H11FN2O3. The molecule has 2 N–H and O–H groups in total. The molecule has 0 spiro atoms. The highest BCUT2D eigenvalue weighted by molar-refractivity contribution is 5.67.